The minimum atomic E-state index is -0.199. The van der Waals surface area contributed by atoms with Crippen LogP contribution < -0.4 is 0 Å². The Bertz CT molecular complexity index is 396. The molecule has 0 aliphatic carbocycles. The summed E-state index contributed by atoms with van der Waals surface area (Å²) in [5.74, 6) is -0.199. The first-order valence-corrected chi connectivity index (χ1v) is 6.53. The van der Waals surface area contributed by atoms with Crippen LogP contribution in [0.15, 0.2) is 24.3 Å². The highest BCUT2D eigenvalue weighted by molar-refractivity contribution is 5.93. The Kier molecular flexibility index (Phi) is 7.82. The molecule has 6 nitrogen and oxygen atoms in total. The Hall–Kier alpha value is -1.47. The Balaban J connectivity index is 0.000000200. The predicted molar refractivity (Wildman–Crippen MR) is 73.3 cm³/mol. The van der Waals surface area contributed by atoms with Crippen molar-refractivity contribution in [3.63, 3.8) is 0 Å². The van der Waals surface area contributed by atoms with Gasteiger partial charge in [0.25, 0.3) is 0 Å². The van der Waals surface area contributed by atoms with Crippen LogP contribution >= 0.6 is 0 Å². The lowest BCUT2D eigenvalue weighted by Crippen LogP contribution is -2.32. The quantitative estimate of drug-likeness (QED) is 0.617. The summed E-state index contributed by atoms with van der Waals surface area (Å²) < 4.78 is 4.78. The van der Waals surface area contributed by atoms with Crippen molar-refractivity contribution in [2.75, 3.05) is 39.5 Å². The lowest BCUT2D eigenvalue weighted by Gasteiger charge is -2.17. The minimum Gasteiger partial charge on any atom is -0.457 e. The lowest BCUT2D eigenvalue weighted by molar-refractivity contribution is 0.0535. The largest absolute Gasteiger partial charge is 0.457 e. The van der Waals surface area contributed by atoms with E-state index >= 15 is 0 Å². The number of benzene rings is 1. The van der Waals surface area contributed by atoms with Crippen LogP contribution in [0.4, 0.5) is 0 Å². The van der Waals surface area contributed by atoms with Crippen molar-refractivity contribution in [1.82, 2.24) is 4.90 Å². The first-order valence-electron chi connectivity index (χ1n) is 6.53. The van der Waals surface area contributed by atoms with E-state index in [9.17, 15) is 4.79 Å². The number of hydrogen-bond donors (Lipinski definition) is 3. The molecule has 0 aromatic heterocycles. The third kappa shape index (κ3) is 5.26. The number of aliphatic hydroxyl groups is 3. The number of carbonyl (C=O) groups excluding carboxylic acids is 1. The molecule has 0 amide bonds. The average molecular weight is 283 g/mol. The molecule has 0 spiro atoms. The molecule has 0 saturated heterocycles. The molecule has 6 heteroatoms. The van der Waals surface area contributed by atoms with Gasteiger partial charge in [-0.25, -0.2) is 4.79 Å². The van der Waals surface area contributed by atoms with Crippen molar-refractivity contribution < 1.29 is 24.9 Å². The summed E-state index contributed by atoms with van der Waals surface area (Å²) >= 11 is 0. The fraction of sp³-hybridized carbons (Fsp3) is 0.500. The molecule has 0 radical (unpaired) electrons. The molecule has 20 heavy (non-hydrogen) atoms. The van der Waals surface area contributed by atoms with E-state index in [2.05, 4.69) is 0 Å². The van der Waals surface area contributed by atoms with Gasteiger partial charge in [0.05, 0.1) is 25.4 Å². The van der Waals surface area contributed by atoms with Crippen molar-refractivity contribution in [1.29, 1.82) is 0 Å². The number of aliphatic hydroxyl groups excluding tert-OH is 3. The average Bonchev–Trinajstić information content (AvgIpc) is 2.83. The monoisotopic (exact) mass is 283 g/mol. The summed E-state index contributed by atoms with van der Waals surface area (Å²) in [5, 5.41) is 25.5. The summed E-state index contributed by atoms with van der Waals surface area (Å²) in [5.41, 5.74) is 1.70. The van der Waals surface area contributed by atoms with Crippen molar-refractivity contribution in [3.8, 4) is 0 Å². The number of carbonyl (C=O) groups is 1. The number of esters is 1. The Morgan fingerprint density at radius 3 is 2.05 bits per heavy atom. The number of ether oxygens (including phenoxy) is 1. The van der Waals surface area contributed by atoms with E-state index in [-0.39, 0.29) is 25.8 Å². The van der Waals surface area contributed by atoms with E-state index in [0.717, 1.165) is 5.56 Å². The van der Waals surface area contributed by atoms with Gasteiger partial charge in [-0.15, -0.1) is 0 Å². The van der Waals surface area contributed by atoms with Crippen LogP contribution in [0.5, 0.6) is 0 Å². The van der Waals surface area contributed by atoms with Crippen molar-refractivity contribution in [3.05, 3.63) is 35.4 Å². The SMILES string of the molecule is O=C1OCc2ccccc21.OCCN(CCO)CCO. The zero-order chi connectivity index (χ0) is 14.8. The van der Waals surface area contributed by atoms with Gasteiger partial charge in [0.2, 0.25) is 0 Å². The van der Waals surface area contributed by atoms with Crippen LogP contribution in [0.3, 0.4) is 0 Å². The summed E-state index contributed by atoms with van der Waals surface area (Å²) in [4.78, 5) is 12.6. The number of nitrogens with zero attached hydrogens (tertiary/aromatic N) is 1. The van der Waals surface area contributed by atoms with Crippen molar-refractivity contribution in [2.45, 2.75) is 6.61 Å². The van der Waals surface area contributed by atoms with E-state index in [1.165, 1.54) is 0 Å². The van der Waals surface area contributed by atoms with Gasteiger partial charge in [0, 0.05) is 25.2 Å². The first kappa shape index (κ1) is 16.6. The number of fused-ring (bicyclic) bond motifs is 1. The molecule has 3 N–H and O–H groups in total. The molecule has 0 atom stereocenters. The zero-order valence-corrected chi connectivity index (χ0v) is 11.4. The number of rotatable bonds is 6. The summed E-state index contributed by atoms with van der Waals surface area (Å²) in [7, 11) is 0. The van der Waals surface area contributed by atoms with E-state index in [0.29, 0.717) is 31.8 Å². The smallest absolute Gasteiger partial charge is 0.338 e. The van der Waals surface area contributed by atoms with Crippen LogP contribution in [-0.4, -0.2) is 65.6 Å². The summed E-state index contributed by atoms with van der Waals surface area (Å²) in [6.07, 6.45) is 0. The zero-order valence-electron chi connectivity index (χ0n) is 11.4. The van der Waals surface area contributed by atoms with Crippen LogP contribution in [0.25, 0.3) is 0 Å². The maximum absolute atomic E-state index is 10.8. The van der Waals surface area contributed by atoms with E-state index in [1.807, 2.05) is 18.2 Å². The number of hydrogen-bond acceptors (Lipinski definition) is 6. The highest BCUT2D eigenvalue weighted by atomic mass is 16.5. The summed E-state index contributed by atoms with van der Waals surface area (Å²) in [6, 6.07) is 7.43. The molecule has 1 aliphatic rings. The standard InChI is InChI=1S/C8H6O2.C6H15NO3/c9-8-7-4-2-1-3-6(7)5-10-8;8-4-1-7(2-5-9)3-6-10/h1-4H,5H2;8-10H,1-6H2. The molecule has 1 aromatic rings. The maximum atomic E-state index is 10.8. The highest BCUT2D eigenvalue weighted by Gasteiger charge is 2.18. The topological polar surface area (TPSA) is 90.2 Å². The molecule has 0 fully saturated rings. The second-order valence-corrected chi connectivity index (χ2v) is 4.25. The third-order valence-electron chi connectivity index (χ3n) is 2.84. The van der Waals surface area contributed by atoms with Crippen LogP contribution in [-0.2, 0) is 11.3 Å². The van der Waals surface area contributed by atoms with Crippen LogP contribution in [0, 0.1) is 0 Å². The normalized spacial score (nSPS) is 12.7. The molecule has 1 aromatic carbocycles. The van der Waals surface area contributed by atoms with Crippen molar-refractivity contribution >= 4 is 5.97 Å². The Morgan fingerprint density at radius 1 is 1.00 bits per heavy atom. The van der Waals surface area contributed by atoms with Gasteiger partial charge in [-0.2, -0.15) is 0 Å². The first-order chi connectivity index (χ1) is 9.72. The Morgan fingerprint density at radius 2 is 1.55 bits per heavy atom. The lowest BCUT2D eigenvalue weighted by atomic mass is 10.1. The molecule has 0 unspecified atom stereocenters. The van der Waals surface area contributed by atoms with E-state index in [4.69, 9.17) is 20.1 Å². The maximum Gasteiger partial charge on any atom is 0.338 e. The third-order valence-corrected chi connectivity index (χ3v) is 2.84. The summed E-state index contributed by atoms with van der Waals surface area (Å²) in [6.45, 7) is 2.19. The molecule has 0 saturated carbocycles. The molecule has 1 heterocycles. The van der Waals surface area contributed by atoms with Crippen molar-refractivity contribution in [2.24, 2.45) is 0 Å². The van der Waals surface area contributed by atoms with Gasteiger partial charge in [0.15, 0.2) is 0 Å². The fourth-order valence-electron chi connectivity index (χ4n) is 1.83. The molecule has 1 aliphatic heterocycles. The molecule has 112 valence electrons. The van der Waals surface area contributed by atoms with Gasteiger partial charge in [-0.1, -0.05) is 18.2 Å². The Labute approximate surface area is 118 Å². The minimum absolute atomic E-state index is 0.0694. The number of cyclic esters (lactones) is 1. The van der Waals surface area contributed by atoms with E-state index in [1.54, 1.807) is 11.0 Å². The molecule has 0 bridgehead atoms. The molecular weight excluding hydrogens is 262 g/mol. The van der Waals surface area contributed by atoms with E-state index < -0.39 is 0 Å². The highest BCUT2D eigenvalue weighted by Crippen LogP contribution is 2.17. The molecular formula is C14H21NO5. The second-order valence-electron chi connectivity index (χ2n) is 4.25. The van der Waals surface area contributed by atoms with Gasteiger partial charge in [0.1, 0.15) is 6.61 Å². The molecule has 2 rings (SSSR count). The van der Waals surface area contributed by atoms with Crippen LogP contribution in [0.1, 0.15) is 15.9 Å². The van der Waals surface area contributed by atoms with Gasteiger partial charge >= 0.3 is 5.97 Å². The van der Waals surface area contributed by atoms with Gasteiger partial charge in [-0.3, -0.25) is 4.90 Å². The van der Waals surface area contributed by atoms with Gasteiger partial charge in [-0.05, 0) is 6.07 Å². The predicted octanol–water partition coefficient (Wildman–Crippen LogP) is -0.378. The van der Waals surface area contributed by atoms with Gasteiger partial charge < -0.3 is 20.1 Å². The van der Waals surface area contributed by atoms with Crippen LogP contribution in [0.2, 0.25) is 0 Å². The second kappa shape index (κ2) is 9.44. The fourth-order valence-corrected chi connectivity index (χ4v) is 1.83.